The van der Waals surface area contributed by atoms with E-state index in [9.17, 15) is 4.79 Å². The molecule has 3 rings (SSSR count). The fraction of sp³-hybridized carbons (Fsp3) is 0.300. The van der Waals surface area contributed by atoms with Crippen LogP contribution in [-0.4, -0.2) is 37.1 Å². The lowest BCUT2D eigenvalue weighted by Gasteiger charge is -2.36. The van der Waals surface area contributed by atoms with Crippen molar-refractivity contribution in [3.05, 3.63) is 59.2 Å². The Bertz CT molecular complexity index is 817. The van der Waals surface area contributed by atoms with Gasteiger partial charge in [0.1, 0.15) is 0 Å². The predicted octanol–water partition coefficient (Wildman–Crippen LogP) is 3.53. The van der Waals surface area contributed by atoms with Gasteiger partial charge in [0.2, 0.25) is 0 Å². The number of anilines is 2. The first-order chi connectivity index (χ1) is 12.1. The lowest BCUT2D eigenvalue weighted by Crippen LogP contribution is -2.50. The Balaban J connectivity index is 1.61. The van der Waals surface area contributed by atoms with E-state index in [1.165, 1.54) is 5.56 Å². The minimum absolute atomic E-state index is 0.0564. The zero-order valence-electron chi connectivity index (χ0n) is 14.6. The minimum atomic E-state index is -0.0564. The Morgan fingerprint density at radius 2 is 1.80 bits per heavy atom. The summed E-state index contributed by atoms with van der Waals surface area (Å²) in [6.07, 6.45) is 0. The summed E-state index contributed by atoms with van der Waals surface area (Å²) in [4.78, 5) is 16.6. The van der Waals surface area contributed by atoms with E-state index < -0.39 is 0 Å². The van der Waals surface area contributed by atoms with E-state index in [1.807, 2.05) is 55.1 Å². The molecule has 1 heterocycles. The third-order valence-electron chi connectivity index (χ3n) is 4.75. The summed E-state index contributed by atoms with van der Waals surface area (Å²) < 4.78 is 0. The molecule has 0 bridgehead atoms. The van der Waals surface area contributed by atoms with E-state index in [2.05, 4.69) is 16.3 Å². The normalized spacial score (nSPS) is 14.1. The number of hydrogen-bond donors (Lipinski definition) is 1. The van der Waals surface area contributed by atoms with Gasteiger partial charge in [-0.2, -0.15) is 5.26 Å². The van der Waals surface area contributed by atoms with Crippen LogP contribution in [-0.2, 0) is 0 Å². The zero-order chi connectivity index (χ0) is 17.8. The van der Waals surface area contributed by atoms with Crippen molar-refractivity contribution in [1.82, 2.24) is 4.90 Å². The number of nitrogens with one attached hydrogen (secondary N) is 1. The van der Waals surface area contributed by atoms with Crippen molar-refractivity contribution in [3.8, 4) is 6.07 Å². The Morgan fingerprint density at radius 1 is 1.08 bits per heavy atom. The number of aryl methyl sites for hydroxylation is 1. The fourth-order valence-electron chi connectivity index (χ4n) is 3.02. The van der Waals surface area contributed by atoms with Gasteiger partial charge in [-0.3, -0.25) is 0 Å². The van der Waals surface area contributed by atoms with E-state index in [0.717, 1.165) is 30.0 Å². The van der Waals surface area contributed by atoms with Gasteiger partial charge in [-0.15, -0.1) is 0 Å². The van der Waals surface area contributed by atoms with Crippen LogP contribution in [0.2, 0.25) is 0 Å². The van der Waals surface area contributed by atoms with Crippen LogP contribution in [0.25, 0.3) is 0 Å². The van der Waals surface area contributed by atoms with Gasteiger partial charge >= 0.3 is 6.03 Å². The molecule has 1 aliphatic heterocycles. The quantitative estimate of drug-likeness (QED) is 0.914. The van der Waals surface area contributed by atoms with Crippen LogP contribution in [0.4, 0.5) is 16.2 Å². The highest BCUT2D eigenvalue weighted by Crippen LogP contribution is 2.20. The molecule has 0 aromatic heterocycles. The lowest BCUT2D eigenvalue weighted by molar-refractivity contribution is 0.208. The highest BCUT2D eigenvalue weighted by Gasteiger charge is 2.22. The molecule has 0 aliphatic carbocycles. The summed E-state index contributed by atoms with van der Waals surface area (Å²) in [5, 5.41) is 12.0. The average Bonchev–Trinajstić information content (AvgIpc) is 2.65. The maximum atomic E-state index is 12.5. The molecular weight excluding hydrogens is 312 g/mol. The van der Waals surface area contributed by atoms with Crippen LogP contribution >= 0.6 is 0 Å². The lowest BCUT2D eigenvalue weighted by atomic mass is 10.1. The summed E-state index contributed by atoms with van der Waals surface area (Å²) in [6.45, 7) is 6.90. The molecule has 0 unspecified atom stereocenters. The molecule has 0 saturated carbocycles. The molecule has 0 atom stereocenters. The van der Waals surface area contributed by atoms with Crippen LogP contribution < -0.4 is 10.2 Å². The molecule has 0 spiro atoms. The first kappa shape index (κ1) is 16.8. The number of urea groups is 1. The topological polar surface area (TPSA) is 59.4 Å². The molecule has 1 aliphatic rings. The van der Waals surface area contributed by atoms with Gasteiger partial charge in [0.25, 0.3) is 0 Å². The highest BCUT2D eigenvalue weighted by molar-refractivity contribution is 5.90. The maximum Gasteiger partial charge on any atom is 0.321 e. The van der Waals surface area contributed by atoms with Gasteiger partial charge < -0.3 is 15.1 Å². The third-order valence-corrected chi connectivity index (χ3v) is 4.75. The Hall–Kier alpha value is -3.00. The summed E-state index contributed by atoms with van der Waals surface area (Å²) in [6, 6.07) is 15.6. The van der Waals surface area contributed by atoms with Crippen LogP contribution in [0.15, 0.2) is 42.5 Å². The van der Waals surface area contributed by atoms with E-state index in [4.69, 9.17) is 5.26 Å². The predicted molar refractivity (Wildman–Crippen MR) is 99.9 cm³/mol. The van der Waals surface area contributed by atoms with Crippen LogP contribution in [0, 0.1) is 25.2 Å². The number of hydrogen-bond acceptors (Lipinski definition) is 3. The number of nitrogens with zero attached hydrogens (tertiary/aromatic N) is 3. The summed E-state index contributed by atoms with van der Waals surface area (Å²) in [7, 11) is 0. The molecule has 2 aromatic rings. The number of piperazine rings is 1. The summed E-state index contributed by atoms with van der Waals surface area (Å²) in [5.74, 6) is 0. The zero-order valence-corrected chi connectivity index (χ0v) is 14.6. The maximum absolute atomic E-state index is 12.5. The van der Waals surface area contributed by atoms with Crippen LogP contribution in [0.1, 0.15) is 16.7 Å². The Labute approximate surface area is 148 Å². The number of nitriles is 1. The van der Waals surface area contributed by atoms with E-state index >= 15 is 0 Å². The van der Waals surface area contributed by atoms with E-state index in [-0.39, 0.29) is 6.03 Å². The summed E-state index contributed by atoms with van der Waals surface area (Å²) in [5.41, 5.74) is 4.83. The van der Waals surface area contributed by atoms with Crippen molar-refractivity contribution < 1.29 is 4.79 Å². The van der Waals surface area contributed by atoms with Crippen LogP contribution in [0.5, 0.6) is 0 Å². The molecule has 1 N–H and O–H groups in total. The average molecular weight is 334 g/mol. The first-order valence-corrected chi connectivity index (χ1v) is 8.46. The third kappa shape index (κ3) is 3.74. The smallest absolute Gasteiger partial charge is 0.321 e. The van der Waals surface area contributed by atoms with Gasteiger partial charge in [0.05, 0.1) is 11.6 Å². The second-order valence-corrected chi connectivity index (χ2v) is 6.31. The van der Waals surface area contributed by atoms with Crippen molar-refractivity contribution in [2.75, 3.05) is 36.4 Å². The SMILES string of the molecule is Cc1cccc(NC(=O)N2CCN(c3cccc(C#N)c3)CC2)c1C. The molecule has 1 saturated heterocycles. The number of carbonyl (C=O) groups is 1. The summed E-state index contributed by atoms with van der Waals surface area (Å²) >= 11 is 0. The molecule has 5 heteroatoms. The first-order valence-electron chi connectivity index (χ1n) is 8.46. The Morgan fingerprint density at radius 3 is 2.52 bits per heavy atom. The second kappa shape index (κ2) is 7.27. The monoisotopic (exact) mass is 334 g/mol. The van der Waals surface area contributed by atoms with Gasteiger partial charge in [-0.05, 0) is 49.2 Å². The molecular formula is C20H22N4O. The van der Waals surface area contributed by atoms with E-state index in [0.29, 0.717) is 18.7 Å². The number of benzene rings is 2. The van der Waals surface area contributed by atoms with Crippen LogP contribution in [0.3, 0.4) is 0 Å². The second-order valence-electron chi connectivity index (χ2n) is 6.31. The Kier molecular flexibility index (Phi) is 4.90. The van der Waals surface area contributed by atoms with E-state index in [1.54, 1.807) is 6.07 Å². The van der Waals surface area contributed by atoms with Crippen molar-refractivity contribution >= 4 is 17.4 Å². The number of amides is 2. The van der Waals surface area contributed by atoms with Gasteiger partial charge in [-0.1, -0.05) is 18.2 Å². The molecule has 5 nitrogen and oxygen atoms in total. The standard InChI is InChI=1S/C20H22N4O/c1-15-5-3-8-19(16(15)2)22-20(25)24-11-9-23(10-12-24)18-7-4-6-17(13-18)14-21/h3-8,13H,9-12H2,1-2H3,(H,22,25). The number of carbonyl (C=O) groups excluding carboxylic acids is 1. The van der Waals surface area contributed by atoms with Crippen molar-refractivity contribution in [3.63, 3.8) is 0 Å². The van der Waals surface area contributed by atoms with Crippen molar-refractivity contribution in [2.45, 2.75) is 13.8 Å². The van der Waals surface area contributed by atoms with Crippen molar-refractivity contribution in [2.24, 2.45) is 0 Å². The van der Waals surface area contributed by atoms with Gasteiger partial charge in [-0.25, -0.2) is 4.79 Å². The van der Waals surface area contributed by atoms with Crippen molar-refractivity contribution in [1.29, 1.82) is 5.26 Å². The molecule has 2 aromatic carbocycles. The number of rotatable bonds is 2. The molecule has 25 heavy (non-hydrogen) atoms. The largest absolute Gasteiger partial charge is 0.368 e. The molecule has 0 radical (unpaired) electrons. The molecule has 128 valence electrons. The highest BCUT2D eigenvalue weighted by atomic mass is 16.2. The molecule has 1 fully saturated rings. The molecule has 2 amide bonds. The van der Waals surface area contributed by atoms with Gasteiger partial charge in [0.15, 0.2) is 0 Å². The minimum Gasteiger partial charge on any atom is -0.368 e. The fourth-order valence-corrected chi connectivity index (χ4v) is 3.02. The van der Waals surface area contributed by atoms with Gasteiger partial charge in [0, 0.05) is 37.6 Å².